The summed E-state index contributed by atoms with van der Waals surface area (Å²) in [5, 5.41) is 2.82. The lowest BCUT2D eigenvalue weighted by molar-refractivity contribution is -0.124. The Labute approximate surface area is 136 Å². The van der Waals surface area contributed by atoms with Crippen LogP contribution in [0.4, 0.5) is 0 Å². The number of ether oxygens (including phenoxy) is 1. The van der Waals surface area contributed by atoms with E-state index in [2.05, 4.69) is 5.32 Å². The van der Waals surface area contributed by atoms with Gasteiger partial charge in [0.05, 0.1) is 0 Å². The van der Waals surface area contributed by atoms with Crippen molar-refractivity contribution >= 4 is 11.7 Å². The predicted molar refractivity (Wildman–Crippen MR) is 89.7 cm³/mol. The summed E-state index contributed by atoms with van der Waals surface area (Å²) >= 11 is 0. The van der Waals surface area contributed by atoms with Gasteiger partial charge in [-0.2, -0.15) is 0 Å². The van der Waals surface area contributed by atoms with Crippen LogP contribution in [-0.4, -0.2) is 23.8 Å². The van der Waals surface area contributed by atoms with Crippen molar-refractivity contribution in [1.29, 1.82) is 0 Å². The standard InChI is InChI=1S/C19H21NO3/c1-19(2,3)20-17(21)13-23-16-11-9-15(10-12-16)18(22)14-7-5-4-6-8-14/h4-12H,13H2,1-3H3,(H,20,21). The van der Waals surface area contributed by atoms with E-state index >= 15 is 0 Å². The molecule has 0 spiro atoms. The maximum Gasteiger partial charge on any atom is 0.258 e. The Hall–Kier alpha value is -2.62. The smallest absolute Gasteiger partial charge is 0.258 e. The summed E-state index contributed by atoms with van der Waals surface area (Å²) in [4.78, 5) is 24.0. The normalized spacial score (nSPS) is 10.9. The number of rotatable bonds is 5. The molecule has 0 unspecified atom stereocenters. The maximum absolute atomic E-state index is 12.3. The van der Waals surface area contributed by atoms with Crippen LogP contribution in [0.2, 0.25) is 0 Å². The molecule has 0 heterocycles. The first kappa shape index (κ1) is 16.7. The fourth-order valence-electron chi connectivity index (χ4n) is 2.06. The van der Waals surface area contributed by atoms with Gasteiger partial charge in [-0.15, -0.1) is 0 Å². The molecule has 0 aliphatic rings. The van der Waals surface area contributed by atoms with Crippen LogP contribution in [0.25, 0.3) is 0 Å². The number of hydrogen-bond acceptors (Lipinski definition) is 3. The molecule has 23 heavy (non-hydrogen) atoms. The number of nitrogens with one attached hydrogen (secondary N) is 1. The predicted octanol–water partition coefficient (Wildman–Crippen LogP) is 3.21. The topological polar surface area (TPSA) is 55.4 Å². The number of benzene rings is 2. The lowest BCUT2D eigenvalue weighted by atomic mass is 10.0. The van der Waals surface area contributed by atoms with Gasteiger partial charge in [0, 0.05) is 16.7 Å². The van der Waals surface area contributed by atoms with Gasteiger partial charge >= 0.3 is 0 Å². The molecule has 0 aliphatic heterocycles. The van der Waals surface area contributed by atoms with Gasteiger partial charge in [0.15, 0.2) is 12.4 Å². The van der Waals surface area contributed by atoms with E-state index in [4.69, 9.17) is 4.74 Å². The van der Waals surface area contributed by atoms with Gasteiger partial charge in [0.2, 0.25) is 0 Å². The van der Waals surface area contributed by atoms with E-state index in [0.29, 0.717) is 16.9 Å². The van der Waals surface area contributed by atoms with Crippen molar-refractivity contribution in [1.82, 2.24) is 5.32 Å². The Balaban J connectivity index is 1.95. The van der Waals surface area contributed by atoms with Crippen molar-refractivity contribution in [2.45, 2.75) is 26.3 Å². The van der Waals surface area contributed by atoms with Crippen LogP contribution in [0.5, 0.6) is 5.75 Å². The summed E-state index contributed by atoms with van der Waals surface area (Å²) in [5.41, 5.74) is 0.945. The van der Waals surface area contributed by atoms with Crippen LogP contribution in [0.15, 0.2) is 54.6 Å². The summed E-state index contributed by atoms with van der Waals surface area (Å²) in [5.74, 6) is 0.336. The van der Waals surface area contributed by atoms with Crippen LogP contribution in [0.1, 0.15) is 36.7 Å². The van der Waals surface area contributed by atoms with E-state index in [1.807, 2.05) is 39.0 Å². The third kappa shape index (κ3) is 5.25. The first-order valence-electron chi connectivity index (χ1n) is 7.49. The van der Waals surface area contributed by atoms with Gasteiger partial charge in [-0.05, 0) is 45.0 Å². The van der Waals surface area contributed by atoms with Crippen LogP contribution >= 0.6 is 0 Å². The second-order valence-corrected chi connectivity index (χ2v) is 6.31. The molecule has 120 valence electrons. The van der Waals surface area contributed by atoms with Crippen molar-refractivity contribution in [3.63, 3.8) is 0 Å². The van der Waals surface area contributed by atoms with Gasteiger partial charge in [0.25, 0.3) is 5.91 Å². The molecular weight excluding hydrogens is 290 g/mol. The Morgan fingerprint density at radius 1 is 0.913 bits per heavy atom. The highest BCUT2D eigenvalue weighted by molar-refractivity contribution is 6.08. The van der Waals surface area contributed by atoms with Gasteiger partial charge in [0.1, 0.15) is 5.75 Å². The van der Waals surface area contributed by atoms with E-state index < -0.39 is 0 Å². The summed E-state index contributed by atoms with van der Waals surface area (Å²) in [6.45, 7) is 5.68. The molecule has 1 N–H and O–H groups in total. The van der Waals surface area contributed by atoms with Crippen LogP contribution in [0, 0.1) is 0 Å². The van der Waals surface area contributed by atoms with Crippen molar-refractivity contribution in [2.75, 3.05) is 6.61 Å². The van der Waals surface area contributed by atoms with Gasteiger partial charge < -0.3 is 10.1 Å². The molecule has 4 nitrogen and oxygen atoms in total. The molecule has 0 atom stereocenters. The zero-order chi connectivity index (χ0) is 16.9. The number of hydrogen-bond donors (Lipinski definition) is 1. The number of ketones is 1. The third-order valence-corrected chi connectivity index (χ3v) is 3.04. The van der Waals surface area contributed by atoms with E-state index in [0.717, 1.165) is 0 Å². The minimum Gasteiger partial charge on any atom is -0.484 e. The maximum atomic E-state index is 12.3. The van der Waals surface area contributed by atoms with E-state index in [-0.39, 0.29) is 23.8 Å². The van der Waals surface area contributed by atoms with Crippen molar-refractivity contribution < 1.29 is 14.3 Å². The Morgan fingerprint density at radius 2 is 1.48 bits per heavy atom. The summed E-state index contributed by atoms with van der Waals surface area (Å²) in [7, 11) is 0. The van der Waals surface area contributed by atoms with E-state index in [1.165, 1.54) is 0 Å². The molecule has 0 aromatic heterocycles. The molecule has 0 saturated carbocycles. The van der Waals surface area contributed by atoms with Crippen LogP contribution in [0.3, 0.4) is 0 Å². The molecule has 2 aromatic rings. The molecule has 2 rings (SSSR count). The zero-order valence-electron chi connectivity index (χ0n) is 13.6. The molecule has 0 aliphatic carbocycles. The number of carbonyl (C=O) groups excluding carboxylic acids is 2. The molecule has 0 saturated heterocycles. The largest absolute Gasteiger partial charge is 0.484 e. The molecule has 4 heteroatoms. The van der Waals surface area contributed by atoms with Gasteiger partial charge in [-0.3, -0.25) is 9.59 Å². The number of carbonyl (C=O) groups is 2. The SMILES string of the molecule is CC(C)(C)NC(=O)COc1ccc(C(=O)c2ccccc2)cc1. The van der Waals surface area contributed by atoms with Crippen molar-refractivity contribution in [3.05, 3.63) is 65.7 Å². The minimum absolute atomic E-state index is 0.0392. The Kier molecular flexibility index (Phi) is 5.16. The minimum atomic E-state index is -0.285. The first-order chi connectivity index (χ1) is 10.8. The zero-order valence-corrected chi connectivity index (χ0v) is 13.6. The summed E-state index contributed by atoms with van der Waals surface area (Å²) in [6, 6.07) is 15.9. The van der Waals surface area contributed by atoms with Gasteiger partial charge in [-0.25, -0.2) is 0 Å². The van der Waals surface area contributed by atoms with E-state index in [9.17, 15) is 9.59 Å². The van der Waals surface area contributed by atoms with Gasteiger partial charge in [-0.1, -0.05) is 30.3 Å². The van der Waals surface area contributed by atoms with Crippen molar-refractivity contribution in [2.24, 2.45) is 0 Å². The monoisotopic (exact) mass is 311 g/mol. The summed E-state index contributed by atoms with van der Waals surface area (Å²) < 4.78 is 5.43. The van der Waals surface area contributed by atoms with Crippen LogP contribution in [-0.2, 0) is 4.79 Å². The average Bonchev–Trinajstić information content (AvgIpc) is 2.52. The average molecular weight is 311 g/mol. The quantitative estimate of drug-likeness (QED) is 0.863. The first-order valence-corrected chi connectivity index (χ1v) is 7.49. The third-order valence-electron chi connectivity index (χ3n) is 3.04. The Bertz CT molecular complexity index is 670. The molecule has 2 aromatic carbocycles. The fourth-order valence-corrected chi connectivity index (χ4v) is 2.06. The molecular formula is C19H21NO3. The molecule has 0 fully saturated rings. The summed E-state index contributed by atoms with van der Waals surface area (Å²) in [6.07, 6.45) is 0. The Morgan fingerprint density at radius 3 is 2.04 bits per heavy atom. The number of amides is 1. The molecule has 1 amide bonds. The lowest BCUT2D eigenvalue weighted by Crippen LogP contribution is -2.43. The molecule has 0 bridgehead atoms. The molecule has 0 radical (unpaired) electrons. The van der Waals surface area contributed by atoms with Crippen LogP contribution < -0.4 is 10.1 Å². The lowest BCUT2D eigenvalue weighted by Gasteiger charge is -2.20. The fraction of sp³-hybridized carbons (Fsp3) is 0.263. The second kappa shape index (κ2) is 7.09. The van der Waals surface area contributed by atoms with Crippen molar-refractivity contribution in [3.8, 4) is 5.75 Å². The second-order valence-electron chi connectivity index (χ2n) is 6.31. The highest BCUT2D eigenvalue weighted by Gasteiger charge is 2.14. The van der Waals surface area contributed by atoms with E-state index in [1.54, 1.807) is 36.4 Å². The highest BCUT2D eigenvalue weighted by Crippen LogP contribution is 2.15. The highest BCUT2D eigenvalue weighted by atomic mass is 16.5.